The number of hydrogen-bond donors (Lipinski definition) is 1. The van der Waals surface area contributed by atoms with Gasteiger partial charge in [0.15, 0.2) is 0 Å². The summed E-state index contributed by atoms with van der Waals surface area (Å²) in [6.45, 7) is 5.70. The Balaban J connectivity index is 2.03. The van der Waals surface area contributed by atoms with Gasteiger partial charge in [-0.15, -0.1) is 11.3 Å². The average Bonchev–Trinajstić information content (AvgIpc) is 2.57. The standard InChI is InChI=1S/C11H17BrClNOS/c1-2-4-14-5-7-15-6-3-9-8-10(12)11(13)16-9/h8,14H,2-7H2,1H3. The van der Waals surface area contributed by atoms with Gasteiger partial charge in [0.25, 0.3) is 0 Å². The van der Waals surface area contributed by atoms with Crippen molar-refractivity contribution in [1.82, 2.24) is 5.32 Å². The van der Waals surface area contributed by atoms with Crippen LogP contribution in [-0.2, 0) is 11.2 Å². The summed E-state index contributed by atoms with van der Waals surface area (Å²) in [7, 11) is 0. The van der Waals surface area contributed by atoms with Crippen LogP contribution in [0.2, 0.25) is 4.34 Å². The first kappa shape index (κ1) is 14.5. The van der Waals surface area contributed by atoms with Gasteiger partial charge >= 0.3 is 0 Å². The molecule has 92 valence electrons. The molecule has 1 aromatic rings. The van der Waals surface area contributed by atoms with E-state index in [0.29, 0.717) is 0 Å². The number of ether oxygens (including phenoxy) is 1. The fourth-order valence-electron chi connectivity index (χ4n) is 1.24. The quantitative estimate of drug-likeness (QED) is 0.735. The van der Waals surface area contributed by atoms with Gasteiger partial charge in [-0.1, -0.05) is 18.5 Å². The molecule has 0 bridgehead atoms. The Morgan fingerprint density at radius 1 is 1.44 bits per heavy atom. The Bertz CT molecular complexity index is 287. The predicted octanol–water partition coefficient (Wildman–Crippen LogP) is 3.72. The molecule has 2 nitrogen and oxygen atoms in total. The largest absolute Gasteiger partial charge is 0.380 e. The van der Waals surface area contributed by atoms with Crippen molar-refractivity contribution in [3.05, 3.63) is 19.8 Å². The zero-order valence-electron chi connectivity index (χ0n) is 9.39. The van der Waals surface area contributed by atoms with Crippen LogP contribution in [0.1, 0.15) is 18.2 Å². The zero-order chi connectivity index (χ0) is 11.8. The van der Waals surface area contributed by atoms with E-state index in [1.165, 1.54) is 11.3 Å². The monoisotopic (exact) mass is 325 g/mol. The summed E-state index contributed by atoms with van der Waals surface area (Å²) in [5.74, 6) is 0. The van der Waals surface area contributed by atoms with Gasteiger partial charge in [0.2, 0.25) is 0 Å². The van der Waals surface area contributed by atoms with E-state index in [-0.39, 0.29) is 0 Å². The van der Waals surface area contributed by atoms with Crippen LogP contribution in [0.4, 0.5) is 0 Å². The highest BCUT2D eigenvalue weighted by atomic mass is 79.9. The van der Waals surface area contributed by atoms with Crippen LogP contribution in [0.3, 0.4) is 0 Å². The highest BCUT2D eigenvalue weighted by Crippen LogP contribution is 2.32. The van der Waals surface area contributed by atoms with E-state index in [2.05, 4.69) is 34.2 Å². The van der Waals surface area contributed by atoms with Gasteiger partial charge in [0.1, 0.15) is 4.34 Å². The van der Waals surface area contributed by atoms with Crippen LogP contribution in [0.5, 0.6) is 0 Å². The molecule has 1 aromatic heterocycles. The second kappa shape index (κ2) is 8.48. The van der Waals surface area contributed by atoms with Crippen LogP contribution < -0.4 is 5.32 Å². The Hall–Kier alpha value is 0.390. The zero-order valence-corrected chi connectivity index (χ0v) is 12.6. The minimum atomic E-state index is 0.761. The molecule has 0 saturated carbocycles. The first-order chi connectivity index (χ1) is 7.74. The Kier molecular flexibility index (Phi) is 7.66. The molecule has 5 heteroatoms. The van der Waals surface area contributed by atoms with Crippen LogP contribution >= 0.6 is 38.9 Å². The molecule has 0 fully saturated rings. The normalized spacial score (nSPS) is 10.9. The van der Waals surface area contributed by atoms with Gasteiger partial charge in [0, 0.05) is 22.3 Å². The van der Waals surface area contributed by atoms with Gasteiger partial charge in [-0.05, 0) is 35.0 Å². The molecular formula is C11H17BrClNOS. The topological polar surface area (TPSA) is 21.3 Å². The maximum absolute atomic E-state index is 5.95. The second-order valence-electron chi connectivity index (χ2n) is 3.45. The van der Waals surface area contributed by atoms with Gasteiger partial charge in [-0.2, -0.15) is 0 Å². The molecule has 0 aliphatic carbocycles. The van der Waals surface area contributed by atoms with Gasteiger partial charge in [-0.25, -0.2) is 0 Å². The van der Waals surface area contributed by atoms with Crippen molar-refractivity contribution in [1.29, 1.82) is 0 Å². The summed E-state index contributed by atoms with van der Waals surface area (Å²) < 4.78 is 7.32. The van der Waals surface area contributed by atoms with Crippen LogP contribution in [-0.4, -0.2) is 26.3 Å². The summed E-state index contributed by atoms with van der Waals surface area (Å²) in [4.78, 5) is 1.26. The molecular weight excluding hydrogens is 310 g/mol. The van der Waals surface area contributed by atoms with E-state index in [1.807, 2.05) is 0 Å². The van der Waals surface area contributed by atoms with Crippen molar-refractivity contribution >= 4 is 38.9 Å². The number of nitrogens with one attached hydrogen (secondary N) is 1. The molecule has 0 aliphatic rings. The maximum atomic E-state index is 5.95. The molecule has 0 aliphatic heterocycles. The van der Waals surface area contributed by atoms with E-state index >= 15 is 0 Å². The Labute approximate surface area is 114 Å². The molecule has 0 spiro atoms. The molecule has 0 aromatic carbocycles. The Morgan fingerprint density at radius 3 is 2.88 bits per heavy atom. The molecule has 1 heterocycles. The van der Waals surface area contributed by atoms with E-state index in [0.717, 1.165) is 41.5 Å². The fourth-order valence-corrected chi connectivity index (χ4v) is 3.01. The first-order valence-electron chi connectivity index (χ1n) is 5.46. The summed E-state index contributed by atoms with van der Waals surface area (Å²) >= 11 is 11.0. The summed E-state index contributed by atoms with van der Waals surface area (Å²) in [6.07, 6.45) is 2.10. The minimum Gasteiger partial charge on any atom is -0.380 e. The van der Waals surface area contributed by atoms with Crippen molar-refractivity contribution in [3.8, 4) is 0 Å². The van der Waals surface area contributed by atoms with Crippen LogP contribution in [0.25, 0.3) is 0 Å². The van der Waals surface area contributed by atoms with Gasteiger partial charge in [-0.3, -0.25) is 0 Å². The second-order valence-corrected chi connectivity index (χ2v) is 6.04. The maximum Gasteiger partial charge on any atom is 0.107 e. The van der Waals surface area contributed by atoms with E-state index in [1.54, 1.807) is 11.3 Å². The summed E-state index contributed by atoms with van der Waals surface area (Å²) in [6, 6.07) is 2.06. The summed E-state index contributed by atoms with van der Waals surface area (Å²) in [5, 5.41) is 3.30. The molecule has 0 saturated heterocycles. The lowest BCUT2D eigenvalue weighted by Gasteiger charge is -2.04. The third-order valence-electron chi connectivity index (χ3n) is 2.04. The van der Waals surface area contributed by atoms with Crippen molar-refractivity contribution in [2.24, 2.45) is 0 Å². The first-order valence-corrected chi connectivity index (χ1v) is 7.45. The molecule has 16 heavy (non-hydrogen) atoms. The average molecular weight is 327 g/mol. The molecule has 1 N–H and O–H groups in total. The van der Waals surface area contributed by atoms with E-state index in [4.69, 9.17) is 16.3 Å². The lowest BCUT2D eigenvalue weighted by molar-refractivity contribution is 0.139. The highest BCUT2D eigenvalue weighted by Gasteiger charge is 2.03. The number of halogens is 2. The molecule has 0 radical (unpaired) electrons. The van der Waals surface area contributed by atoms with Crippen molar-refractivity contribution in [3.63, 3.8) is 0 Å². The van der Waals surface area contributed by atoms with Crippen molar-refractivity contribution in [2.45, 2.75) is 19.8 Å². The number of rotatable bonds is 8. The molecule has 1 rings (SSSR count). The van der Waals surface area contributed by atoms with E-state index < -0.39 is 0 Å². The Morgan fingerprint density at radius 2 is 2.25 bits per heavy atom. The SMILES string of the molecule is CCCNCCOCCc1cc(Br)c(Cl)s1. The molecule has 0 amide bonds. The number of thiophene rings is 1. The molecule has 0 unspecified atom stereocenters. The number of hydrogen-bond acceptors (Lipinski definition) is 3. The lowest BCUT2D eigenvalue weighted by atomic mass is 10.4. The summed E-state index contributed by atoms with van der Waals surface area (Å²) in [5.41, 5.74) is 0. The predicted molar refractivity (Wildman–Crippen MR) is 74.7 cm³/mol. The van der Waals surface area contributed by atoms with Gasteiger partial charge < -0.3 is 10.1 Å². The lowest BCUT2D eigenvalue weighted by Crippen LogP contribution is -2.20. The van der Waals surface area contributed by atoms with Crippen molar-refractivity contribution < 1.29 is 4.74 Å². The van der Waals surface area contributed by atoms with Crippen molar-refractivity contribution in [2.75, 3.05) is 26.3 Å². The molecule has 0 atom stereocenters. The fraction of sp³-hybridized carbons (Fsp3) is 0.636. The highest BCUT2D eigenvalue weighted by molar-refractivity contribution is 9.10. The van der Waals surface area contributed by atoms with Crippen LogP contribution in [0.15, 0.2) is 10.5 Å². The smallest absolute Gasteiger partial charge is 0.107 e. The van der Waals surface area contributed by atoms with Gasteiger partial charge in [0.05, 0.1) is 13.2 Å². The third-order valence-corrected chi connectivity index (χ3v) is 4.57. The third kappa shape index (κ3) is 5.64. The van der Waals surface area contributed by atoms with Crippen LogP contribution in [0, 0.1) is 0 Å². The van der Waals surface area contributed by atoms with E-state index in [9.17, 15) is 0 Å². The minimum absolute atomic E-state index is 0.761.